The van der Waals surface area contributed by atoms with Crippen molar-refractivity contribution in [3.05, 3.63) is 12.0 Å². The number of halogens is 1. The number of aromatic nitrogens is 2. The van der Waals surface area contributed by atoms with E-state index in [4.69, 9.17) is 11.6 Å². The maximum absolute atomic E-state index is 12.1. The largest absolute Gasteiger partial charge is 0.334 e. The lowest BCUT2D eigenvalue weighted by molar-refractivity contribution is 0.480. The van der Waals surface area contributed by atoms with Crippen LogP contribution in [0.25, 0.3) is 0 Å². The number of nitrogens with zero attached hydrogens (tertiary/aromatic N) is 2. The van der Waals surface area contributed by atoms with Gasteiger partial charge in [0.2, 0.25) is 0 Å². The van der Waals surface area contributed by atoms with E-state index in [9.17, 15) is 8.42 Å². The van der Waals surface area contributed by atoms with Crippen molar-refractivity contribution in [1.82, 2.24) is 14.3 Å². The van der Waals surface area contributed by atoms with Crippen molar-refractivity contribution < 1.29 is 8.42 Å². The second-order valence-corrected chi connectivity index (χ2v) is 6.61. The van der Waals surface area contributed by atoms with Gasteiger partial charge in [-0.15, -0.1) is 11.6 Å². The minimum Gasteiger partial charge on any atom is -0.334 e. The fourth-order valence-corrected chi connectivity index (χ4v) is 3.27. The van der Waals surface area contributed by atoms with Crippen LogP contribution in [0.2, 0.25) is 0 Å². The third kappa shape index (κ3) is 4.47. The predicted molar refractivity (Wildman–Crippen MR) is 76.9 cm³/mol. The molecule has 0 bridgehead atoms. The van der Waals surface area contributed by atoms with Gasteiger partial charge in [-0.05, 0) is 26.2 Å². The fourth-order valence-electron chi connectivity index (χ4n) is 1.84. The monoisotopic (exact) mass is 307 g/mol. The number of aryl methyl sites for hydroxylation is 2. The summed E-state index contributed by atoms with van der Waals surface area (Å²) in [7, 11) is -3.52. The number of alkyl halides is 1. The summed E-state index contributed by atoms with van der Waals surface area (Å²) < 4.78 is 28.7. The Hall–Kier alpha value is -0.590. The molecule has 0 aliphatic carbocycles. The average Bonchev–Trinajstić information content (AvgIpc) is 2.76. The number of hydrogen-bond acceptors (Lipinski definition) is 3. The highest BCUT2D eigenvalue weighted by molar-refractivity contribution is 7.89. The van der Waals surface area contributed by atoms with E-state index in [0.717, 1.165) is 12.8 Å². The third-order valence-corrected chi connectivity index (χ3v) is 4.74. The van der Waals surface area contributed by atoms with Crippen LogP contribution in [0, 0.1) is 12.8 Å². The zero-order chi connectivity index (χ0) is 14.5. The van der Waals surface area contributed by atoms with Gasteiger partial charge >= 0.3 is 0 Å². The van der Waals surface area contributed by atoms with Gasteiger partial charge in [0.25, 0.3) is 10.0 Å². The topological polar surface area (TPSA) is 64.0 Å². The van der Waals surface area contributed by atoms with Gasteiger partial charge in [0, 0.05) is 25.2 Å². The summed E-state index contributed by atoms with van der Waals surface area (Å²) in [5.74, 6) is 1.52. The Labute approximate surface area is 120 Å². The zero-order valence-electron chi connectivity index (χ0n) is 11.7. The molecule has 0 spiro atoms. The second kappa shape index (κ2) is 7.26. The van der Waals surface area contributed by atoms with Crippen LogP contribution in [0.1, 0.15) is 32.5 Å². The summed E-state index contributed by atoms with van der Waals surface area (Å²) in [6, 6.07) is 0. The molecule has 0 saturated carbocycles. The first-order valence-electron chi connectivity index (χ1n) is 6.54. The van der Waals surface area contributed by atoms with Gasteiger partial charge in [-0.25, -0.2) is 18.1 Å². The minimum atomic E-state index is -3.52. The lowest BCUT2D eigenvalue weighted by Crippen LogP contribution is -2.29. The molecule has 5 nitrogen and oxygen atoms in total. The molecule has 1 rings (SSSR count). The Kier molecular flexibility index (Phi) is 6.29. The molecule has 7 heteroatoms. The summed E-state index contributed by atoms with van der Waals surface area (Å²) in [5.41, 5.74) is 0. The Balaban J connectivity index is 2.75. The molecule has 0 fully saturated rings. The second-order valence-electron chi connectivity index (χ2n) is 4.52. The molecular weight excluding hydrogens is 286 g/mol. The van der Waals surface area contributed by atoms with Gasteiger partial charge in [0.1, 0.15) is 5.82 Å². The van der Waals surface area contributed by atoms with Crippen LogP contribution in [-0.4, -0.2) is 30.4 Å². The molecule has 1 aromatic rings. The molecule has 1 heterocycles. The Bertz CT molecular complexity index is 499. The first kappa shape index (κ1) is 16.5. The Morgan fingerprint density at radius 1 is 1.47 bits per heavy atom. The molecule has 110 valence electrons. The lowest BCUT2D eigenvalue weighted by atomic mass is 10.0. The van der Waals surface area contributed by atoms with Crippen molar-refractivity contribution in [2.24, 2.45) is 5.92 Å². The van der Waals surface area contributed by atoms with Gasteiger partial charge in [0.05, 0.1) is 0 Å². The van der Waals surface area contributed by atoms with E-state index in [1.165, 1.54) is 0 Å². The van der Waals surface area contributed by atoms with Crippen LogP contribution in [-0.2, 0) is 16.6 Å². The Morgan fingerprint density at radius 2 is 2.16 bits per heavy atom. The van der Waals surface area contributed by atoms with E-state index >= 15 is 0 Å². The lowest BCUT2D eigenvalue weighted by Gasteiger charge is -2.13. The summed E-state index contributed by atoms with van der Waals surface area (Å²) in [4.78, 5) is 4.09. The number of hydrogen-bond donors (Lipinski definition) is 1. The van der Waals surface area contributed by atoms with E-state index in [1.54, 1.807) is 13.1 Å². The number of imidazole rings is 1. The molecule has 0 aliphatic rings. The fraction of sp³-hybridized carbons (Fsp3) is 0.750. The summed E-state index contributed by atoms with van der Waals surface area (Å²) >= 11 is 5.69. The molecule has 0 aliphatic heterocycles. The molecular formula is C12H22ClN3O2S. The minimum absolute atomic E-state index is 0.0903. The maximum Gasteiger partial charge on any atom is 0.259 e. The van der Waals surface area contributed by atoms with Crippen LogP contribution < -0.4 is 4.72 Å². The van der Waals surface area contributed by atoms with Crippen LogP contribution in [0.5, 0.6) is 0 Å². The molecule has 1 unspecified atom stereocenters. The van der Waals surface area contributed by atoms with Crippen molar-refractivity contribution in [3.63, 3.8) is 0 Å². The molecule has 1 aromatic heterocycles. The normalized spacial score (nSPS) is 13.7. The SMILES string of the molecule is CCC(CCCl)CNS(=O)(=O)c1cn(CC)c(C)n1. The average molecular weight is 308 g/mol. The van der Waals surface area contributed by atoms with E-state index in [2.05, 4.69) is 9.71 Å². The Morgan fingerprint density at radius 3 is 2.63 bits per heavy atom. The molecule has 0 aromatic carbocycles. The molecule has 0 amide bonds. The molecule has 0 radical (unpaired) electrons. The molecule has 1 atom stereocenters. The highest BCUT2D eigenvalue weighted by atomic mass is 35.5. The van der Waals surface area contributed by atoms with Crippen LogP contribution in [0.15, 0.2) is 11.2 Å². The van der Waals surface area contributed by atoms with Crippen LogP contribution in [0.4, 0.5) is 0 Å². The molecule has 19 heavy (non-hydrogen) atoms. The highest BCUT2D eigenvalue weighted by Crippen LogP contribution is 2.12. The van der Waals surface area contributed by atoms with Gasteiger partial charge in [-0.1, -0.05) is 13.3 Å². The number of nitrogens with one attached hydrogen (secondary N) is 1. The first-order valence-corrected chi connectivity index (χ1v) is 8.55. The summed E-state index contributed by atoms with van der Waals surface area (Å²) in [6.45, 7) is 6.89. The highest BCUT2D eigenvalue weighted by Gasteiger charge is 2.20. The standard InChI is InChI=1S/C12H22ClN3O2S/c1-4-11(6-7-13)8-14-19(17,18)12-9-16(5-2)10(3)15-12/h9,11,14H,4-8H2,1-3H3. The van der Waals surface area contributed by atoms with Crippen molar-refractivity contribution in [3.8, 4) is 0 Å². The number of sulfonamides is 1. The van der Waals surface area contributed by atoms with Crippen LogP contribution >= 0.6 is 11.6 Å². The van der Waals surface area contributed by atoms with Gasteiger partial charge in [-0.3, -0.25) is 0 Å². The van der Waals surface area contributed by atoms with Crippen molar-refractivity contribution >= 4 is 21.6 Å². The van der Waals surface area contributed by atoms with Crippen LogP contribution in [0.3, 0.4) is 0 Å². The first-order chi connectivity index (χ1) is 8.94. The van der Waals surface area contributed by atoms with E-state index in [0.29, 0.717) is 24.8 Å². The van der Waals surface area contributed by atoms with Gasteiger partial charge in [-0.2, -0.15) is 0 Å². The predicted octanol–water partition coefficient (Wildman–Crippen LogP) is 2.14. The molecule has 1 N–H and O–H groups in total. The van der Waals surface area contributed by atoms with Crippen molar-refractivity contribution in [2.45, 2.75) is 45.2 Å². The van der Waals surface area contributed by atoms with E-state index in [1.807, 2.05) is 18.4 Å². The molecule has 0 saturated heterocycles. The maximum atomic E-state index is 12.1. The number of rotatable bonds is 8. The summed E-state index contributed by atoms with van der Waals surface area (Å²) in [5, 5.41) is 0.0903. The quantitative estimate of drug-likeness (QED) is 0.748. The third-order valence-electron chi connectivity index (χ3n) is 3.23. The van der Waals surface area contributed by atoms with E-state index in [-0.39, 0.29) is 10.9 Å². The summed E-state index contributed by atoms with van der Waals surface area (Å²) in [6.07, 6.45) is 3.28. The van der Waals surface area contributed by atoms with Crippen molar-refractivity contribution in [1.29, 1.82) is 0 Å². The van der Waals surface area contributed by atoms with E-state index < -0.39 is 10.0 Å². The van der Waals surface area contributed by atoms with Gasteiger partial charge in [0.15, 0.2) is 5.03 Å². The van der Waals surface area contributed by atoms with Gasteiger partial charge < -0.3 is 4.57 Å². The van der Waals surface area contributed by atoms with Crippen molar-refractivity contribution in [2.75, 3.05) is 12.4 Å². The zero-order valence-corrected chi connectivity index (χ0v) is 13.3. The smallest absolute Gasteiger partial charge is 0.259 e.